The Labute approximate surface area is 206 Å². The van der Waals surface area contributed by atoms with Gasteiger partial charge >= 0.3 is 0 Å². The topological polar surface area (TPSA) is 46.2 Å². The van der Waals surface area contributed by atoms with Crippen LogP contribution < -0.4 is 0 Å². The second kappa shape index (κ2) is 7.60. The SMILES string of the molecule is [C-]#[N+]c1cc(-c2cccc3c2oc2ccccc23)cc(-n2c3ccccc3c3cc(C#N)ccc32)c1. The Morgan fingerprint density at radius 1 is 0.722 bits per heavy atom. The maximum absolute atomic E-state index is 9.46. The van der Waals surface area contributed by atoms with Gasteiger partial charge in [0.25, 0.3) is 0 Å². The molecule has 0 fully saturated rings. The average molecular weight is 460 g/mol. The van der Waals surface area contributed by atoms with Crippen molar-refractivity contribution in [2.45, 2.75) is 0 Å². The van der Waals surface area contributed by atoms with E-state index in [4.69, 9.17) is 11.0 Å². The fourth-order valence-corrected chi connectivity index (χ4v) is 5.24. The molecule has 0 radical (unpaired) electrons. The molecule has 4 heteroatoms. The van der Waals surface area contributed by atoms with E-state index in [9.17, 15) is 5.26 Å². The van der Waals surface area contributed by atoms with Crippen molar-refractivity contribution in [3.63, 3.8) is 0 Å². The Bertz CT molecular complexity index is 2080. The molecule has 0 saturated heterocycles. The van der Waals surface area contributed by atoms with Gasteiger partial charge in [-0.25, -0.2) is 4.85 Å². The van der Waals surface area contributed by atoms with Gasteiger partial charge in [-0.3, -0.25) is 0 Å². The van der Waals surface area contributed by atoms with Crippen molar-refractivity contribution >= 4 is 49.4 Å². The largest absolute Gasteiger partial charge is 0.455 e. The molecular weight excluding hydrogens is 442 g/mol. The van der Waals surface area contributed by atoms with Gasteiger partial charge in [-0.15, -0.1) is 0 Å². The molecule has 0 bridgehead atoms. The molecule has 7 rings (SSSR count). The summed E-state index contributed by atoms with van der Waals surface area (Å²) in [4.78, 5) is 3.80. The zero-order valence-electron chi connectivity index (χ0n) is 19.1. The molecular formula is C32H17N3O. The Hall–Kier alpha value is -5.32. The number of hydrogen-bond acceptors (Lipinski definition) is 2. The lowest BCUT2D eigenvalue weighted by molar-refractivity contribution is 0.670. The summed E-state index contributed by atoms with van der Waals surface area (Å²) in [7, 11) is 0. The molecule has 0 unspecified atom stereocenters. The lowest BCUT2D eigenvalue weighted by Gasteiger charge is -2.12. The van der Waals surface area contributed by atoms with Crippen LogP contribution >= 0.6 is 0 Å². The van der Waals surface area contributed by atoms with Crippen molar-refractivity contribution in [3.05, 3.63) is 120 Å². The van der Waals surface area contributed by atoms with Crippen molar-refractivity contribution in [2.75, 3.05) is 0 Å². The van der Waals surface area contributed by atoms with Crippen LogP contribution in [0.1, 0.15) is 5.56 Å². The number of rotatable bonds is 2. The Morgan fingerprint density at radius 2 is 1.50 bits per heavy atom. The monoisotopic (exact) mass is 459 g/mol. The fraction of sp³-hybridized carbons (Fsp3) is 0. The number of para-hydroxylation sites is 3. The molecule has 0 aliphatic heterocycles. The average Bonchev–Trinajstić information content (AvgIpc) is 3.48. The lowest BCUT2D eigenvalue weighted by atomic mass is 10.0. The molecule has 0 N–H and O–H groups in total. The summed E-state index contributed by atoms with van der Waals surface area (Å²) in [6, 6.07) is 36.3. The third-order valence-electron chi connectivity index (χ3n) is 6.81. The lowest BCUT2D eigenvalue weighted by Crippen LogP contribution is -1.94. The molecule has 36 heavy (non-hydrogen) atoms. The van der Waals surface area contributed by atoms with Gasteiger partial charge in [-0.2, -0.15) is 5.26 Å². The van der Waals surface area contributed by atoms with Gasteiger partial charge in [-0.1, -0.05) is 54.6 Å². The number of hydrogen-bond donors (Lipinski definition) is 0. The Kier molecular flexibility index (Phi) is 4.24. The summed E-state index contributed by atoms with van der Waals surface area (Å²) in [5.41, 5.74) is 7.61. The number of fused-ring (bicyclic) bond motifs is 6. The van der Waals surface area contributed by atoms with Crippen LogP contribution in [0.3, 0.4) is 0 Å². The van der Waals surface area contributed by atoms with E-state index >= 15 is 0 Å². The molecule has 0 saturated carbocycles. The van der Waals surface area contributed by atoms with E-state index in [1.807, 2.05) is 72.8 Å². The van der Waals surface area contributed by atoms with Crippen molar-refractivity contribution in [1.82, 2.24) is 4.57 Å². The standard InChI is InChI=1S/C32H17N3O/c1-34-22-16-21(24-9-6-10-27-26-8-3-5-12-31(26)36-32(24)27)17-23(18-22)35-29-11-4-2-7-25(29)28-15-20(19-33)13-14-30(28)35/h2-18H. The molecule has 2 heterocycles. The second-order valence-electron chi connectivity index (χ2n) is 8.83. The van der Waals surface area contributed by atoms with Crippen LogP contribution in [-0.2, 0) is 0 Å². The summed E-state index contributed by atoms with van der Waals surface area (Å²) in [5, 5.41) is 13.7. The summed E-state index contributed by atoms with van der Waals surface area (Å²) < 4.78 is 8.46. The number of furan rings is 1. The van der Waals surface area contributed by atoms with Gasteiger partial charge in [0.1, 0.15) is 11.2 Å². The van der Waals surface area contributed by atoms with Crippen molar-refractivity contribution in [1.29, 1.82) is 5.26 Å². The quantitative estimate of drug-likeness (QED) is 0.243. The van der Waals surface area contributed by atoms with E-state index in [-0.39, 0.29) is 0 Å². The first-order chi connectivity index (χ1) is 17.7. The van der Waals surface area contributed by atoms with E-state index in [0.29, 0.717) is 11.3 Å². The van der Waals surface area contributed by atoms with E-state index in [2.05, 4.69) is 45.8 Å². The van der Waals surface area contributed by atoms with Gasteiger partial charge in [0.05, 0.1) is 29.2 Å². The molecule has 5 aromatic carbocycles. The Morgan fingerprint density at radius 3 is 2.36 bits per heavy atom. The van der Waals surface area contributed by atoms with E-state index in [1.54, 1.807) is 0 Å². The number of benzene rings is 5. The van der Waals surface area contributed by atoms with Crippen LogP contribution in [0.2, 0.25) is 0 Å². The normalized spacial score (nSPS) is 11.3. The highest BCUT2D eigenvalue weighted by atomic mass is 16.3. The predicted molar refractivity (Wildman–Crippen MR) is 144 cm³/mol. The highest BCUT2D eigenvalue weighted by Gasteiger charge is 2.16. The van der Waals surface area contributed by atoms with Gasteiger partial charge in [0, 0.05) is 32.8 Å². The number of nitriles is 1. The number of nitrogens with zero attached hydrogens (tertiary/aromatic N) is 3. The Balaban J connectivity index is 1.54. The minimum absolute atomic E-state index is 0.551. The molecule has 0 aliphatic rings. The summed E-state index contributed by atoms with van der Waals surface area (Å²) >= 11 is 0. The molecule has 0 atom stereocenters. The molecule has 0 spiro atoms. The molecule has 0 amide bonds. The van der Waals surface area contributed by atoms with Crippen LogP contribution in [0.25, 0.3) is 65.4 Å². The van der Waals surface area contributed by atoms with Crippen molar-refractivity contribution in [2.24, 2.45) is 0 Å². The van der Waals surface area contributed by atoms with E-state index in [1.165, 1.54) is 0 Å². The zero-order chi connectivity index (χ0) is 24.2. The van der Waals surface area contributed by atoms with Gasteiger partial charge in [0.15, 0.2) is 5.69 Å². The van der Waals surface area contributed by atoms with Gasteiger partial charge in [-0.05, 0) is 54.1 Å². The molecule has 166 valence electrons. The zero-order valence-corrected chi connectivity index (χ0v) is 19.1. The first-order valence-electron chi connectivity index (χ1n) is 11.6. The fourth-order valence-electron chi connectivity index (χ4n) is 5.24. The summed E-state index contributed by atoms with van der Waals surface area (Å²) in [5.74, 6) is 0. The van der Waals surface area contributed by atoms with Crippen molar-refractivity contribution in [3.8, 4) is 22.9 Å². The van der Waals surface area contributed by atoms with E-state index < -0.39 is 0 Å². The van der Waals surface area contributed by atoms with Gasteiger partial charge in [0.2, 0.25) is 0 Å². The first-order valence-corrected chi connectivity index (χ1v) is 11.6. The van der Waals surface area contributed by atoms with Crippen molar-refractivity contribution < 1.29 is 4.42 Å². The second-order valence-corrected chi connectivity index (χ2v) is 8.83. The minimum atomic E-state index is 0.551. The summed E-state index contributed by atoms with van der Waals surface area (Å²) in [6.45, 7) is 7.81. The van der Waals surface area contributed by atoms with E-state index in [0.717, 1.165) is 60.6 Å². The third kappa shape index (κ3) is 2.86. The van der Waals surface area contributed by atoms with Crippen LogP contribution in [0, 0.1) is 17.9 Å². The molecule has 4 nitrogen and oxygen atoms in total. The maximum Gasteiger partial charge on any atom is 0.189 e. The highest BCUT2D eigenvalue weighted by molar-refractivity contribution is 6.11. The minimum Gasteiger partial charge on any atom is -0.455 e. The molecule has 7 aromatic rings. The predicted octanol–water partition coefficient (Wildman–Crippen LogP) is 8.77. The van der Waals surface area contributed by atoms with Gasteiger partial charge < -0.3 is 8.98 Å². The molecule has 0 aliphatic carbocycles. The van der Waals surface area contributed by atoms with Crippen LogP contribution in [0.15, 0.2) is 108 Å². The van der Waals surface area contributed by atoms with Crippen LogP contribution in [0.4, 0.5) is 5.69 Å². The smallest absolute Gasteiger partial charge is 0.189 e. The maximum atomic E-state index is 9.46. The molecule has 2 aromatic heterocycles. The highest BCUT2D eigenvalue weighted by Crippen LogP contribution is 2.39. The first kappa shape index (κ1) is 20.1. The number of aromatic nitrogens is 1. The third-order valence-corrected chi connectivity index (χ3v) is 6.81. The summed E-state index contributed by atoms with van der Waals surface area (Å²) in [6.07, 6.45) is 0. The van der Waals surface area contributed by atoms with Crippen LogP contribution in [-0.4, -0.2) is 4.57 Å². The van der Waals surface area contributed by atoms with Crippen LogP contribution in [0.5, 0.6) is 0 Å².